The van der Waals surface area contributed by atoms with E-state index in [4.69, 9.17) is 4.74 Å². The number of methoxy groups -OCH3 is 1. The van der Waals surface area contributed by atoms with E-state index in [0.717, 1.165) is 45.7 Å². The molecule has 7 heteroatoms. The lowest BCUT2D eigenvalue weighted by Gasteiger charge is -2.42. The monoisotopic (exact) mass is 416 g/mol. The molecule has 0 aliphatic carbocycles. The van der Waals surface area contributed by atoms with Gasteiger partial charge in [0, 0.05) is 44.3 Å². The molecule has 3 rings (SSSR count). The molecule has 7 nitrogen and oxygen atoms in total. The number of piperazine rings is 1. The second-order valence-corrected chi connectivity index (χ2v) is 8.41. The molecule has 2 amide bonds. The molecule has 2 aliphatic rings. The predicted molar refractivity (Wildman–Crippen MR) is 118 cm³/mol. The fourth-order valence-corrected chi connectivity index (χ4v) is 4.40. The van der Waals surface area contributed by atoms with Gasteiger partial charge in [0.05, 0.1) is 7.11 Å². The standard InChI is InChI=1S/C23H36N4O3/c1-4-11-27(23(29)19-5-7-21(30-3)8-6-19)18-22(28)26-16-14-25(15-17-26)20-9-12-24(2)13-10-20/h5-8,20H,4,9-18H2,1-3H3. The van der Waals surface area contributed by atoms with Crippen LogP contribution in [-0.4, -0.2) is 104 Å². The van der Waals surface area contributed by atoms with Crippen LogP contribution in [0.25, 0.3) is 0 Å². The lowest BCUT2D eigenvalue weighted by molar-refractivity contribution is -0.134. The van der Waals surface area contributed by atoms with Crippen LogP contribution in [0.5, 0.6) is 5.75 Å². The van der Waals surface area contributed by atoms with Crippen LogP contribution < -0.4 is 4.74 Å². The molecule has 0 radical (unpaired) electrons. The number of rotatable bonds is 7. The summed E-state index contributed by atoms with van der Waals surface area (Å²) in [7, 11) is 3.79. The number of hydrogen-bond acceptors (Lipinski definition) is 5. The minimum Gasteiger partial charge on any atom is -0.497 e. The fourth-order valence-electron chi connectivity index (χ4n) is 4.40. The SMILES string of the molecule is CCCN(CC(=O)N1CCN(C2CCN(C)CC2)CC1)C(=O)c1ccc(OC)cc1. The summed E-state index contributed by atoms with van der Waals surface area (Å²) in [5.74, 6) is 0.665. The van der Waals surface area contributed by atoms with Crippen molar-refractivity contribution in [2.45, 2.75) is 32.2 Å². The van der Waals surface area contributed by atoms with Gasteiger partial charge in [-0.3, -0.25) is 14.5 Å². The van der Waals surface area contributed by atoms with Gasteiger partial charge in [-0.05, 0) is 63.7 Å². The Morgan fingerprint density at radius 3 is 2.23 bits per heavy atom. The molecule has 2 fully saturated rings. The maximum Gasteiger partial charge on any atom is 0.254 e. The minimum atomic E-state index is -0.0992. The maximum atomic E-state index is 12.9. The molecular formula is C23H36N4O3. The van der Waals surface area contributed by atoms with Crippen LogP contribution in [0.2, 0.25) is 0 Å². The van der Waals surface area contributed by atoms with Gasteiger partial charge in [0.2, 0.25) is 5.91 Å². The molecule has 0 atom stereocenters. The van der Waals surface area contributed by atoms with Gasteiger partial charge in [-0.2, -0.15) is 0 Å². The Bertz CT molecular complexity index is 693. The zero-order valence-corrected chi connectivity index (χ0v) is 18.7. The van der Waals surface area contributed by atoms with E-state index in [9.17, 15) is 9.59 Å². The summed E-state index contributed by atoms with van der Waals surface area (Å²) in [5.41, 5.74) is 0.587. The van der Waals surface area contributed by atoms with E-state index in [1.54, 1.807) is 36.3 Å². The summed E-state index contributed by atoms with van der Waals surface area (Å²) in [5, 5.41) is 0. The zero-order valence-electron chi connectivity index (χ0n) is 18.7. The van der Waals surface area contributed by atoms with Crippen molar-refractivity contribution in [2.75, 3.05) is 66.5 Å². The summed E-state index contributed by atoms with van der Waals surface area (Å²) in [6, 6.07) is 7.72. The Morgan fingerprint density at radius 2 is 1.67 bits per heavy atom. The summed E-state index contributed by atoms with van der Waals surface area (Å²) in [6.45, 7) is 8.43. The van der Waals surface area contributed by atoms with E-state index in [2.05, 4.69) is 16.8 Å². The number of benzene rings is 1. The zero-order chi connectivity index (χ0) is 21.5. The third-order valence-corrected chi connectivity index (χ3v) is 6.32. The molecule has 0 N–H and O–H groups in total. The number of carbonyl (C=O) groups is 2. The highest BCUT2D eigenvalue weighted by Crippen LogP contribution is 2.18. The second-order valence-electron chi connectivity index (χ2n) is 8.41. The molecule has 2 aliphatic heterocycles. The number of likely N-dealkylation sites (tertiary alicyclic amines) is 1. The summed E-state index contributed by atoms with van der Waals surface area (Å²) >= 11 is 0. The molecule has 0 saturated carbocycles. The van der Waals surface area contributed by atoms with Crippen LogP contribution in [-0.2, 0) is 4.79 Å². The molecule has 1 aromatic carbocycles. The first-order chi connectivity index (χ1) is 14.5. The average Bonchev–Trinajstić information content (AvgIpc) is 2.79. The second kappa shape index (κ2) is 10.8. The maximum absolute atomic E-state index is 12.9. The van der Waals surface area contributed by atoms with Gasteiger partial charge in [0.1, 0.15) is 12.3 Å². The van der Waals surface area contributed by atoms with Crippen molar-refractivity contribution in [1.29, 1.82) is 0 Å². The summed E-state index contributed by atoms with van der Waals surface area (Å²) in [4.78, 5) is 34.4. The number of ether oxygens (including phenoxy) is 1. The van der Waals surface area contributed by atoms with Crippen molar-refractivity contribution >= 4 is 11.8 Å². The molecule has 0 aromatic heterocycles. The molecule has 166 valence electrons. The fraction of sp³-hybridized carbons (Fsp3) is 0.652. The van der Waals surface area contributed by atoms with E-state index in [-0.39, 0.29) is 18.4 Å². The summed E-state index contributed by atoms with van der Waals surface area (Å²) in [6.07, 6.45) is 3.25. The molecule has 0 spiro atoms. The number of piperidine rings is 1. The van der Waals surface area contributed by atoms with E-state index >= 15 is 0 Å². The lowest BCUT2D eigenvalue weighted by Crippen LogP contribution is -2.55. The van der Waals surface area contributed by atoms with E-state index < -0.39 is 0 Å². The average molecular weight is 417 g/mol. The van der Waals surface area contributed by atoms with Gasteiger partial charge in [-0.1, -0.05) is 6.92 Å². The van der Waals surface area contributed by atoms with E-state index in [1.165, 1.54) is 12.8 Å². The Morgan fingerprint density at radius 1 is 1.03 bits per heavy atom. The molecule has 0 unspecified atom stereocenters. The summed E-state index contributed by atoms with van der Waals surface area (Å²) < 4.78 is 5.17. The van der Waals surface area contributed by atoms with Gasteiger partial charge in [-0.15, -0.1) is 0 Å². The minimum absolute atomic E-state index is 0.0494. The van der Waals surface area contributed by atoms with Crippen LogP contribution in [0.1, 0.15) is 36.5 Å². The van der Waals surface area contributed by atoms with Crippen LogP contribution in [0.3, 0.4) is 0 Å². The van der Waals surface area contributed by atoms with Crippen LogP contribution in [0.15, 0.2) is 24.3 Å². The number of nitrogens with zero attached hydrogens (tertiary/aromatic N) is 4. The molecule has 0 bridgehead atoms. The van der Waals surface area contributed by atoms with Gasteiger partial charge < -0.3 is 19.4 Å². The smallest absolute Gasteiger partial charge is 0.254 e. The third kappa shape index (κ3) is 5.73. The van der Waals surface area contributed by atoms with Gasteiger partial charge in [-0.25, -0.2) is 0 Å². The van der Waals surface area contributed by atoms with E-state index in [1.807, 2.05) is 11.8 Å². The van der Waals surface area contributed by atoms with Crippen LogP contribution in [0, 0.1) is 0 Å². The van der Waals surface area contributed by atoms with Crippen molar-refractivity contribution in [3.8, 4) is 5.75 Å². The largest absolute Gasteiger partial charge is 0.497 e. The Kier molecular flexibility index (Phi) is 8.10. The van der Waals surface area contributed by atoms with Gasteiger partial charge in [0.25, 0.3) is 5.91 Å². The van der Waals surface area contributed by atoms with Gasteiger partial charge >= 0.3 is 0 Å². The molecule has 2 saturated heterocycles. The first kappa shape index (κ1) is 22.6. The first-order valence-electron chi connectivity index (χ1n) is 11.2. The highest BCUT2D eigenvalue weighted by Gasteiger charge is 2.29. The number of hydrogen-bond donors (Lipinski definition) is 0. The number of amides is 2. The third-order valence-electron chi connectivity index (χ3n) is 6.32. The Balaban J connectivity index is 1.53. The highest BCUT2D eigenvalue weighted by atomic mass is 16.5. The first-order valence-corrected chi connectivity index (χ1v) is 11.2. The molecule has 2 heterocycles. The van der Waals surface area contributed by atoms with Crippen molar-refractivity contribution in [3.05, 3.63) is 29.8 Å². The lowest BCUT2D eigenvalue weighted by atomic mass is 10.0. The molecular weight excluding hydrogens is 380 g/mol. The van der Waals surface area contributed by atoms with Crippen LogP contribution in [0.4, 0.5) is 0 Å². The molecule has 1 aromatic rings. The van der Waals surface area contributed by atoms with Crippen molar-refractivity contribution in [1.82, 2.24) is 19.6 Å². The Labute approximate surface area is 180 Å². The normalized spacial score (nSPS) is 19.0. The topological polar surface area (TPSA) is 56.3 Å². The van der Waals surface area contributed by atoms with Crippen molar-refractivity contribution < 1.29 is 14.3 Å². The number of carbonyl (C=O) groups excluding carboxylic acids is 2. The van der Waals surface area contributed by atoms with Crippen molar-refractivity contribution in [3.63, 3.8) is 0 Å². The van der Waals surface area contributed by atoms with Crippen LogP contribution >= 0.6 is 0 Å². The quantitative estimate of drug-likeness (QED) is 0.678. The molecule has 30 heavy (non-hydrogen) atoms. The van der Waals surface area contributed by atoms with Crippen molar-refractivity contribution in [2.24, 2.45) is 0 Å². The Hall–Kier alpha value is -2.12. The van der Waals surface area contributed by atoms with Gasteiger partial charge in [0.15, 0.2) is 0 Å². The predicted octanol–water partition coefficient (Wildman–Crippen LogP) is 1.79. The highest BCUT2D eigenvalue weighted by molar-refractivity contribution is 5.96. The van der Waals surface area contributed by atoms with E-state index in [0.29, 0.717) is 23.9 Å².